The fourth-order valence-electron chi connectivity index (χ4n) is 2.64. The lowest BCUT2D eigenvalue weighted by Crippen LogP contribution is -2.25. The van der Waals surface area contributed by atoms with E-state index in [0.29, 0.717) is 29.2 Å². The fraction of sp³-hybridized carbons (Fsp3) is 0.211. The van der Waals surface area contributed by atoms with E-state index in [9.17, 15) is 14.4 Å². The lowest BCUT2D eigenvalue weighted by Gasteiger charge is -2.13. The number of thioether (sulfide) groups is 1. The molecule has 1 saturated heterocycles. The first-order valence-electron chi connectivity index (χ1n) is 8.11. The molecule has 1 aliphatic heterocycles. The summed E-state index contributed by atoms with van der Waals surface area (Å²) in [5.41, 5.74) is 1.53. The van der Waals surface area contributed by atoms with Crippen molar-refractivity contribution in [3.63, 3.8) is 0 Å². The Morgan fingerprint density at radius 1 is 1.11 bits per heavy atom. The first kappa shape index (κ1) is 18.8. The number of imide groups is 1. The summed E-state index contributed by atoms with van der Waals surface area (Å²) in [6, 6.07) is 12.1. The van der Waals surface area contributed by atoms with Gasteiger partial charge < -0.3 is 14.6 Å². The van der Waals surface area contributed by atoms with E-state index in [4.69, 9.17) is 14.6 Å². The van der Waals surface area contributed by atoms with E-state index in [2.05, 4.69) is 5.32 Å². The van der Waals surface area contributed by atoms with Crippen molar-refractivity contribution in [2.24, 2.45) is 0 Å². The number of hydrogen-bond acceptors (Lipinski definition) is 6. The molecular weight excluding hydrogens is 370 g/mol. The van der Waals surface area contributed by atoms with Crippen molar-refractivity contribution in [2.45, 2.75) is 18.1 Å². The van der Waals surface area contributed by atoms with Crippen molar-refractivity contribution >= 4 is 28.9 Å². The van der Waals surface area contributed by atoms with Crippen molar-refractivity contribution in [3.05, 3.63) is 53.6 Å². The van der Waals surface area contributed by atoms with Crippen molar-refractivity contribution in [1.29, 1.82) is 0 Å². The summed E-state index contributed by atoms with van der Waals surface area (Å²) in [6.45, 7) is 0. The van der Waals surface area contributed by atoms with Gasteiger partial charge in [0.1, 0.15) is 5.75 Å². The third-order valence-corrected chi connectivity index (χ3v) is 4.90. The van der Waals surface area contributed by atoms with E-state index < -0.39 is 11.2 Å². The second-order valence-electron chi connectivity index (χ2n) is 5.89. The summed E-state index contributed by atoms with van der Waals surface area (Å²) in [4.78, 5) is 33.7. The summed E-state index contributed by atoms with van der Waals surface area (Å²) < 4.78 is 11.2. The van der Waals surface area contributed by atoms with Crippen LogP contribution < -0.4 is 14.8 Å². The molecule has 2 N–H and O–H groups in total. The molecule has 0 aromatic heterocycles. The van der Waals surface area contributed by atoms with Gasteiger partial charge in [-0.25, -0.2) is 0 Å². The molecule has 1 heterocycles. The topological polar surface area (TPSA) is 102 Å². The van der Waals surface area contributed by atoms with E-state index >= 15 is 0 Å². The summed E-state index contributed by atoms with van der Waals surface area (Å²) >= 11 is 0.981. The normalized spacial score (nSPS) is 16.1. The molecule has 0 aliphatic carbocycles. The molecule has 7 nitrogen and oxygen atoms in total. The number of amides is 2. The van der Waals surface area contributed by atoms with Crippen molar-refractivity contribution in [2.75, 3.05) is 7.11 Å². The largest absolute Gasteiger partial charge is 0.493 e. The quantitative estimate of drug-likeness (QED) is 0.753. The fourth-order valence-corrected chi connectivity index (χ4v) is 3.50. The molecule has 8 heteroatoms. The molecule has 1 unspecified atom stereocenters. The van der Waals surface area contributed by atoms with Crippen LogP contribution in [0.5, 0.6) is 17.2 Å². The summed E-state index contributed by atoms with van der Waals surface area (Å²) in [7, 11) is 1.52. The number of carbonyl (C=O) groups excluding carboxylic acids is 2. The van der Waals surface area contributed by atoms with Crippen LogP contribution in [0.4, 0.5) is 4.79 Å². The van der Waals surface area contributed by atoms with Gasteiger partial charge in [0.15, 0.2) is 11.5 Å². The SMILES string of the molecule is COc1cc(CC2SC(=O)NC2=O)ccc1Oc1ccc(CC(=O)O)cc1. The van der Waals surface area contributed by atoms with Crippen LogP contribution in [-0.4, -0.2) is 34.6 Å². The number of rotatable bonds is 7. The van der Waals surface area contributed by atoms with Gasteiger partial charge in [0.05, 0.1) is 18.8 Å². The molecule has 140 valence electrons. The van der Waals surface area contributed by atoms with Gasteiger partial charge in [-0.3, -0.25) is 19.7 Å². The summed E-state index contributed by atoms with van der Waals surface area (Å²) in [5.74, 6) is 0.359. The number of benzene rings is 2. The lowest BCUT2D eigenvalue weighted by molar-refractivity contribution is -0.136. The first-order valence-corrected chi connectivity index (χ1v) is 8.99. The molecule has 2 amide bonds. The smallest absolute Gasteiger partial charge is 0.307 e. The summed E-state index contributed by atoms with van der Waals surface area (Å²) in [5, 5.41) is 10.3. The van der Waals surface area contributed by atoms with E-state index in [1.54, 1.807) is 36.4 Å². The van der Waals surface area contributed by atoms with Crippen LogP contribution in [-0.2, 0) is 22.4 Å². The highest BCUT2D eigenvalue weighted by molar-refractivity contribution is 8.15. The van der Waals surface area contributed by atoms with Crippen LogP contribution in [0.2, 0.25) is 0 Å². The molecule has 1 aliphatic rings. The zero-order chi connectivity index (χ0) is 19.4. The predicted molar refractivity (Wildman–Crippen MR) is 99.5 cm³/mol. The Labute approximate surface area is 159 Å². The number of nitrogens with one attached hydrogen (secondary N) is 1. The van der Waals surface area contributed by atoms with Gasteiger partial charge in [0, 0.05) is 0 Å². The van der Waals surface area contributed by atoms with Crippen molar-refractivity contribution in [3.8, 4) is 17.2 Å². The summed E-state index contributed by atoms with van der Waals surface area (Å²) in [6.07, 6.45) is 0.357. The number of carboxylic acids is 1. The third kappa shape index (κ3) is 4.79. The van der Waals surface area contributed by atoms with Crippen molar-refractivity contribution in [1.82, 2.24) is 5.32 Å². The van der Waals surface area contributed by atoms with Crippen LogP contribution in [0.25, 0.3) is 0 Å². The maximum absolute atomic E-state index is 11.7. The Morgan fingerprint density at radius 3 is 2.41 bits per heavy atom. The molecule has 0 radical (unpaired) electrons. The van der Waals surface area contributed by atoms with Gasteiger partial charge in [-0.05, 0) is 41.8 Å². The predicted octanol–water partition coefficient (Wildman–Crippen LogP) is 3.01. The van der Waals surface area contributed by atoms with Gasteiger partial charge in [-0.2, -0.15) is 0 Å². The Balaban J connectivity index is 1.71. The molecule has 0 spiro atoms. The van der Waals surface area contributed by atoms with Gasteiger partial charge in [0.2, 0.25) is 5.91 Å². The Bertz CT molecular complexity index is 880. The van der Waals surface area contributed by atoms with Crippen LogP contribution in [0.3, 0.4) is 0 Å². The van der Waals surface area contributed by atoms with Gasteiger partial charge in [-0.15, -0.1) is 0 Å². The molecule has 0 saturated carbocycles. The van der Waals surface area contributed by atoms with Crippen molar-refractivity contribution < 1.29 is 29.0 Å². The molecule has 0 bridgehead atoms. The van der Waals surface area contributed by atoms with E-state index in [-0.39, 0.29) is 17.6 Å². The molecule has 1 atom stereocenters. The second-order valence-corrected chi connectivity index (χ2v) is 7.06. The number of aliphatic carboxylic acids is 1. The van der Waals surface area contributed by atoms with E-state index in [1.807, 2.05) is 6.07 Å². The number of ether oxygens (including phenoxy) is 2. The minimum absolute atomic E-state index is 0.0481. The average molecular weight is 387 g/mol. The van der Waals surface area contributed by atoms with Gasteiger partial charge in [-0.1, -0.05) is 30.0 Å². The zero-order valence-corrected chi connectivity index (χ0v) is 15.2. The number of hydrogen-bond donors (Lipinski definition) is 2. The Hall–Kier alpha value is -3.00. The lowest BCUT2D eigenvalue weighted by atomic mass is 10.1. The molecular formula is C19H17NO6S. The van der Waals surface area contributed by atoms with Crippen LogP contribution in [0.1, 0.15) is 11.1 Å². The Kier molecular flexibility index (Phi) is 5.66. The third-order valence-electron chi connectivity index (χ3n) is 3.92. The standard InChI is InChI=1S/C19H17NO6S/c1-25-15-8-12(9-16-18(23)20-19(24)27-16)4-7-14(15)26-13-5-2-11(3-6-13)10-17(21)22/h2-8,16H,9-10H2,1H3,(H,21,22)(H,20,23,24). The molecule has 27 heavy (non-hydrogen) atoms. The van der Waals surface area contributed by atoms with E-state index in [1.165, 1.54) is 7.11 Å². The molecule has 2 aromatic rings. The highest BCUT2D eigenvalue weighted by Crippen LogP contribution is 2.34. The van der Waals surface area contributed by atoms with E-state index in [0.717, 1.165) is 17.3 Å². The number of carboxylic acid groups (broad SMARTS) is 1. The molecule has 3 rings (SSSR count). The average Bonchev–Trinajstić information content (AvgIpc) is 2.94. The maximum Gasteiger partial charge on any atom is 0.307 e. The Morgan fingerprint density at radius 2 is 1.81 bits per heavy atom. The van der Waals surface area contributed by atoms with Crippen LogP contribution in [0, 0.1) is 0 Å². The monoisotopic (exact) mass is 387 g/mol. The minimum Gasteiger partial charge on any atom is -0.493 e. The van der Waals surface area contributed by atoms with Gasteiger partial charge >= 0.3 is 5.97 Å². The highest BCUT2D eigenvalue weighted by Gasteiger charge is 2.31. The first-order chi connectivity index (χ1) is 12.9. The van der Waals surface area contributed by atoms with Crippen LogP contribution >= 0.6 is 11.8 Å². The maximum atomic E-state index is 11.7. The highest BCUT2D eigenvalue weighted by atomic mass is 32.2. The van der Waals surface area contributed by atoms with Gasteiger partial charge in [0.25, 0.3) is 5.24 Å². The zero-order valence-electron chi connectivity index (χ0n) is 14.4. The number of methoxy groups -OCH3 is 1. The molecule has 2 aromatic carbocycles. The minimum atomic E-state index is -0.892. The number of carbonyl (C=O) groups is 3. The van der Waals surface area contributed by atoms with Crippen LogP contribution in [0.15, 0.2) is 42.5 Å². The molecule has 1 fully saturated rings. The second kappa shape index (κ2) is 8.13.